The van der Waals surface area contributed by atoms with Crippen LogP contribution >= 0.6 is 0 Å². The topological polar surface area (TPSA) is 73.6 Å². The Hall–Kier alpha value is -3.98. The molecule has 0 unspecified atom stereocenters. The largest absolute Gasteiger partial charge is 0.356 e. The molecule has 0 aliphatic rings. The normalized spacial score (nSPS) is 10.4. The molecule has 130 valence electrons. The van der Waals surface area contributed by atoms with E-state index in [1.54, 1.807) is 0 Å². The third-order valence-electron chi connectivity index (χ3n) is 4.06. The van der Waals surface area contributed by atoms with E-state index in [1.807, 2.05) is 54.6 Å². The monoisotopic (exact) mass is 355 g/mol. The van der Waals surface area contributed by atoms with Crippen molar-refractivity contribution in [3.8, 4) is 6.07 Å². The summed E-state index contributed by atoms with van der Waals surface area (Å²) in [6, 6.07) is 20.8. The molecule has 27 heavy (non-hydrogen) atoms. The van der Waals surface area contributed by atoms with Crippen molar-refractivity contribution in [1.29, 1.82) is 5.26 Å². The first-order valence-corrected chi connectivity index (χ1v) is 8.26. The molecule has 2 heterocycles. The Morgan fingerprint density at radius 1 is 0.815 bits per heavy atom. The summed E-state index contributed by atoms with van der Waals surface area (Å²) in [4.78, 5) is 7.77. The van der Waals surface area contributed by atoms with Crippen molar-refractivity contribution < 1.29 is 4.39 Å². The smallest absolute Gasteiger partial charge is 0.213 e. The second-order valence-corrected chi connectivity index (χ2v) is 5.88. The standard InChI is InChI=1S/C21H14FN5/c22-20-10-18-19(13-25-20)24-12-14(11-23)21(18)27-17-8-6-16(7-9-17)26-15-4-2-1-3-5-15/h1-10,12-13,26H,(H,24,27). The van der Waals surface area contributed by atoms with Crippen molar-refractivity contribution in [2.24, 2.45) is 0 Å². The summed E-state index contributed by atoms with van der Waals surface area (Å²) in [5, 5.41) is 16.4. The minimum Gasteiger partial charge on any atom is -0.356 e. The Labute approximate surface area is 155 Å². The Morgan fingerprint density at radius 3 is 2.19 bits per heavy atom. The van der Waals surface area contributed by atoms with E-state index in [0.29, 0.717) is 22.2 Å². The maximum atomic E-state index is 13.6. The van der Waals surface area contributed by atoms with Crippen LogP contribution in [0.4, 0.5) is 27.1 Å². The fourth-order valence-corrected chi connectivity index (χ4v) is 2.76. The summed E-state index contributed by atoms with van der Waals surface area (Å²) in [6.07, 6.45) is 2.81. The highest BCUT2D eigenvalue weighted by molar-refractivity contribution is 5.95. The van der Waals surface area contributed by atoms with E-state index in [4.69, 9.17) is 0 Å². The average molecular weight is 355 g/mol. The lowest BCUT2D eigenvalue weighted by Crippen LogP contribution is -1.98. The average Bonchev–Trinajstić information content (AvgIpc) is 2.70. The van der Waals surface area contributed by atoms with Gasteiger partial charge < -0.3 is 10.6 Å². The van der Waals surface area contributed by atoms with Crippen LogP contribution in [0.25, 0.3) is 10.9 Å². The molecule has 0 aliphatic heterocycles. The molecule has 4 aromatic rings. The summed E-state index contributed by atoms with van der Waals surface area (Å²) in [6.45, 7) is 0. The number of hydrogen-bond donors (Lipinski definition) is 2. The number of hydrogen-bond acceptors (Lipinski definition) is 5. The Balaban J connectivity index is 1.64. The molecule has 0 saturated heterocycles. The molecular weight excluding hydrogens is 341 g/mol. The molecule has 0 atom stereocenters. The van der Waals surface area contributed by atoms with Gasteiger partial charge in [-0.1, -0.05) is 18.2 Å². The third-order valence-corrected chi connectivity index (χ3v) is 4.06. The summed E-state index contributed by atoms with van der Waals surface area (Å²) >= 11 is 0. The molecule has 4 rings (SSSR count). The molecule has 0 spiro atoms. The minimum atomic E-state index is -0.621. The highest BCUT2D eigenvalue weighted by Crippen LogP contribution is 2.29. The van der Waals surface area contributed by atoms with Crippen LogP contribution in [0.5, 0.6) is 0 Å². The molecule has 2 N–H and O–H groups in total. The molecule has 2 aromatic heterocycles. The van der Waals surface area contributed by atoms with Crippen molar-refractivity contribution in [3.63, 3.8) is 0 Å². The van der Waals surface area contributed by atoms with E-state index in [0.717, 1.165) is 17.1 Å². The number of nitriles is 1. The number of halogens is 1. The van der Waals surface area contributed by atoms with Gasteiger partial charge in [0.25, 0.3) is 0 Å². The van der Waals surface area contributed by atoms with Gasteiger partial charge in [0.15, 0.2) is 0 Å². The van der Waals surface area contributed by atoms with Crippen molar-refractivity contribution >= 4 is 33.7 Å². The van der Waals surface area contributed by atoms with Crippen LogP contribution in [0, 0.1) is 17.3 Å². The molecule has 0 amide bonds. The summed E-state index contributed by atoms with van der Waals surface area (Å²) in [5.74, 6) is -0.621. The van der Waals surface area contributed by atoms with Gasteiger partial charge in [0.2, 0.25) is 5.95 Å². The molecule has 0 aliphatic carbocycles. The first-order chi connectivity index (χ1) is 13.2. The number of pyridine rings is 2. The number of para-hydroxylation sites is 1. The van der Waals surface area contributed by atoms with Gasteiger partial charge in [-0.15, -0.1) is 0 Å². The van der Waals surface area contributed by atoms with E-state index >= 15 is 0 Å². The van der Waals surface area contributed by atoms with Gasteiger partial charge in [-0.25, -0.2) is 4.98 Å². The van der Waals surface area contributed by atoms with Crippen LogP contribution < -0.4 is 10.6 Å². The molecule has 0 bridgehead atoms. The lowest BCUT2D eigenvalue weighted by atomic mass is 10.1. The number of fused-ring (bicyclic) bond motifs is 1. The van der Waals surface area contributed by atoms with Crippen molar-refractivity contribution in [2.45, 2.75) is 0 Å². The lowest BCUT2D eigenvalue weighted by molar-refractivity contribution is 0.586. The van der Waals surface area contributed by atoms with Crippen molar-refractivity contribution in [2.75, 3.05) is 10.6 Å². The second-order valence-electron chi connectivity index (χ2n) is 5.88. The van der Waals surface area contributed by atoms with Crippen LogP contribution in [0.1, 0.15) is 5.56 Å². The third kappa shape index (κ3) is 3.53. The lowest BCUT2D eigenvalue weighted by Gasteiger charge is -2.12. The first kappa shape index (κ1) is 16.5. The minimum absolute atomic E-state index is 0.333. The predicted molar refractivity (Wildman–Crippen MR) is 104 cm³/mol. The van der Waals surface area contributed by atoms with Gasteiger partial charge in [-0.3, -0.25) is 4.98 Å². The van der Waals surface area contributed by atoms with E-state index in [9.17, 15) is 9.65 Å². The Morgan fingerprint density at radius 2 is 1.48 bits per heavy atom. The second kappa shape index (κ2) is 7.10. The van der Waals surface area contributed by atoms with E-state index in [1.165, 1.54) is 18.5 Å². The van der Waals surface area contributed by atoms with Gasteiger partial charge in [0.05, 0.1) is 23.0 Å². The van der Waals surface area contributed by atoms with E-state index in [2.05, 4.69) is 26.7 Å². The molecule has 2 aromatic carbocycles. The van der Waals surface area contributed by atoms with Gasteiger partial charge in [-0.05, 0) is 36.4 Å². The van der Waals surface area contributed by atoms with Crippen molar-refractivity contribution in [1.82, 2.24) is 9.97 Å². The number of aromatic nitrogens is 2. The van der Waals surface area contributed by atoms with Gasteiger partial charge in [-0.2, -0.15) is 9.65 Å². The predicted octanol–water partition coefficient (Wildman–Crippen LogP) is 5.13. The maximum absolute atomic E-state index is 13.6. The number of anilines is 4. The van der Waals surface area contributed by atoms with E-state index < -0.39 is 5.95 Å². The molecule has 0 fully saturated rings. The summed E-state index contributed by atoms with van der Waals surface area (Å²) < 4.78 is 13.6. The summed E-state index contributed by atoms with van der Waals surface area (Å²) in [7, 11) is 0. The zero-order chi connectivity index (χ0) is 18.6. The highest BCUT2D eigenvalue weighted by atomic mass is 19.1. The molecule has 6 heteroatoms. The maximum Gasteiger partial charge on any atom is 0.213 e. The highest BCUT2D eigenvalue weighted by Gasteiger charge is 2.11. The Bertz CT molecular complexity index is 1140. The Kier molecular flexibility index (Phi) is 4.33. The number of benzene rings is 2. The number of rotatable bonds is 4. The number of nitrogens with one attached hydrogen (secondary N) is 2. The van der Waals surface area contributed by atoms with Crippen LogP contribution in [-0.4, -0.2) is 9.97 Å². The molecule has 5 nitrogen and oxygen atoms in total. The van der Waals surface area contributed by atoms with Gasteiger partial charge in [0.1, 0.15) is 6.07 Å². The quantitative estimate of drug-likeness (QED) is 0.497. The molecule has 0 saturated carbocycles. The zero-order valence-electron chi connectivity index (χ0n) is 14.1. The fraction of sp³-hybridized carbons (Fsp3) is 0. The van der Waals surface area contributed by atoms with Crippen LogP contribution in [0.15, 0.2) is 73.1 Å². The fourth-order valence-electron chi connectivity index (χ4n) is 2.76. The summed E-state index contributed by atoms with van der Waals surface area (Å²) in [5.41, 5.74) is 4.05. The zero-order valence-corrected chi connectivity index (χ0v) is 14.1. The first-order valence-electron chi connectivity index (χ1n) is 8.26. The van der Waals surface area contributed by atoms with Gasteiger partial charge in [0, 0.05) is 34.7 Å². The number of nitrogens with zero attached hydrogens (tertiary/aromatic N) is 3. The SMILES string of the molecule is N#Cc1cnc2cnc(F)cc2c1Nc1ccc(Nc2ccccc2)cc1. The van der Waals surface area contributed by atoms with Crippen LogP contribution in [0.3, 0.4) is 0 Å². The van der Waals surface area contributed by atoms with E-state index in [-0.39, 0.29) is 0 Å². The van der Waals surface area contributed by atoms with Crippen LogP contribution in [-0.2, 0) is 0 Å². The van der Waals surface area contributed by atoms with Crippen LogP contribution in [0.2, 0.25) is 0 Å². The molecule has 0 radical (unpaired) electrons. The van der Waals surface area contributed by atoms with Gasteiger partial charge >= 0.3 is 0 Å². The van der Waals surface area contributed by atoms with Crippen molar-refractivity contribution in [3.05, 3.63) is 84.6 Å². The molecular formula is C21H14FN5.